The number of nitrogens with one attached hydrogen (secondary N) is 1. The molecule has 2 heterocycles. The van der Waals surface area contributed by atoms with E-state index in [1.54, 1.807) is 0 Å². The number of rotatable bonds is 0. The van der Waals surface area contributed by atoms with Gasteiger partial charge in [-0.25, -0.2) is 0 Å². The van der Waals surface area contributed by atoms with Crippen LogP contribution < -0.4 is 0 Å². The van der Waals surface area contributed by atoms with Gasteiger partial charge < -0.3 is 0 Å². The van der Waals surface area contributed by atoms with Crippen molar-refractivity contribution in [3.05, 3.63) is 29.9 Å². The van der Waals surface area contributed by atoms with E-state index in [0.717, 1.165) is 3.70 Å². The number of aromatic nitrogens is 4. The van der Waals surface area contributed by atoms with Gasteiger partial charge in [-0.2, -0.15) is 10.2 Å². The Bertz CT molecular complexity index is 771. The molecule has 0 radical (unpaired) electrons. The summed E-state index contributed by atoms with van der Waals surface area (Å²) in [7, 11) is 2.05. The topological polar surface area (TPSA) is 46.5 Å². The van der Waals surface area contributed by atoms with Crippen molar-refractivity contribution >= 4 is 45.2 Å². The summed E-state index contributed by atoms with van der Waals surface area (Å²) in [6.07, 6.45) is 7.28. The minimum Gasteiger partial charge on any atom is -0.281 e. The molecule has 2 aromatic heterocycles. The molecule has 2 aliphatic carbocycles. The van der Waals surface area contributed by atoms with Gasteiger partial charge in [-0.1, -0.05) is 27.7 Å². The molecule has 25 heavy (non-hydrogen) atoms. The van der Waals surface area contributed by atoms with Gasteiger partial charge in [-0.05, 0) is 94.5 Å². The quantitative estimate of drug-likeness (QED) is 0.453. The van der Waals surface area contributed by atoms with Gasteiger partial charge in [0, 0.05) is 29.6 Å². The van der Waals surface area contributed by atoms with Crippen LogP contribution in [-0.2, 0) is 32.7 Å². The molecule has 0 saturated carbocycles. The molecule has 0 aliphatic heterocycles. The Kier molecular flexibility index (Phi) is 5.60. The summed E-state index contributed by atoms with van der Waals surface area (Å²) in [6, 6.07) is 0. The van der Waals surface area contributed by atoms with Gasteiger partial charge in [0.15, 0.2) is 0 Å². The molecule has 1 N–H and O–H groups in total. The first kappa shape index (κ1) is 19.6. The van der Waals surface area contributed by atoms with Crippen LogP contribution in [0.4, 0.5) is 0 Å². The number of hydrogen-bond acceptors (Lipinski definition) is 2. The molecule has 0 amide bonds. The van der Waals surface area contributed by atoms with Crippen molar-refractivity contribution in [2.45, 2.75) is 66.2 Å². The molecule has 0 atom stereocenters. The van der Waals surface area contributed by atoms with Gasteiger partial charge in [0.25, 0.3) is 0 Å². The lowest BCUT2D eigenvalue weighted by Gasteiger charge is -2.29. The Balaban J connectivity index is 0.000000146. The maximum absolute atomic E-state index is 4.46. The fraction of sp³-hybridized carbons (Fsp3) is 0.684. The second-order valence-electron chi connectivity index (χ2n) is 8.99. The first-order valence-electron chi connectivity index (χ1n) is 9.00. The molecule has 138 valence electrons. The van der Waals surface area contributed by atoms with E-state index < -0.39 is 0 Å². The lowest BCUT2D eigenvalue weighted by atomic mass is 9.77. The first-order valence-corrected chi connectivity index (χ1v) is 11.2. The zero-order valence-electron chi connectivity index (χ0n) is 15.8. The summed E-state index contributed by atoms with van der Waals surface area (Å²) in [5.74, 6) is 0. The van der Waals surface area contributed by atoms with E-state index in [1.165, 1.54) is 64.7 Å². The van der Waals surface area contributed by atoms with Crippen molar-refractivity contribution in [1.29, 1.82) is 0 Å². The number of nitrogens with zero attached hydrogens (tertiary/aromatic N) is 3. The van der Waals surface area contributed by atoms with Crippen LogP contribution in [0.1, 0.15) is 63.1 Å². The molecule has 6 heteroatoms. The number of aryl methyl sites for hydroxylation is 2. The average molecular weight is 566 g/mol. The summed E-state index contributed by atoms with van der Waals surface area (Å²) in [6.45, 7) is 9.36. The van der Waals surface area contributed by atoms with Crippen molar-refractivity contribution in [3.8, 4) is 0 Å². The average Bonchev–Trinajstić information content (AvgIpc) is 2.99. The predicted molar refractivity (Wildman–Crippen MR) is 119 cm³/mol. The highest BCUT2D eigenvalue weighted by Crippen LogP contribution is 2.36. The van der Waals surface area contributed by atoms with Gasteiger partial charge >= 0.3 is 0 Å². The van der Waals surface area contributed by atoms with E-state index in [1.807, 2.05) is 4.68 Å². The highest BCUT2D eigenvalue weighted by Gasteiger charge is 2.29. The van der Waals surface area contributed by atoms with Crippen molar-refractivity contribution in [1.82, 2.24) is 20.0 Å². The normalized spacial score (nSPS) is 20.3. The SMILES string of the molecule is CC1(C)CCc2[nH]nc(I)c2C1.Cn1nc(I)c2c1CCC(C)(C)C2. The van der Waals surface area contributed by atoms with Crippen molar-refractivity contribution in [2.24, 2.45) is 17.9 Å². The van der Waals surface area contributed by atoms with Crippen LogP contribution in [0, 0.1) is 18.2 Å². The fourth-order valence-electron chi connectivity index (χ4n) is 3.87. The summed E-state index contributed by atoms with van der Waals surface area (Å²) in [4.78, 5) is 0. The third-order valence-corrected chi connectivity index (χ3v) is 7.29. The monoisotopic (exact) mass is 566 g/mol. The first-order chi connectivity index (χ1) is 11.6. The Labute approximate surface area is 178 Å². The number of halogens is 2. The molecule has 2 aromatic rings. The maximum atomic E-state index is 4.46. The summed E-state index contributed by atoms with van der Waals surface area (Å²) < 4.78 is 4.41. The van der Waals surface area contributed by atoms with Crippen LogP contribution in [0.15, 0.2) is 0 Å². The van der Waals surface area contributed by atoms with E-state index in [-0.39, 0.29) is 0 Å². The number of H-pyrrole nitrogens is 1. The van der Waals surface area contributed by atoms with Crippen molar-refractivity contribution in [2.75, 3.05) is 0 Å². The molecular formula is C19H28I2N4. The fourth-order valence-corrected chi connectivity index (χ4v) is 5.33. The molecule has 4 nitrogen and oxygen atoms in total. The minimum absolute atomic E-state index is 0.468. The third kappa shape index (κ3) is 4.42. The summed E-state index contributed by atoms with van der Waals surface area (Å²) in [5, 5.41) is 11.8. The molecule has 0 fully saturated rings. The largest absolute Gasteiger partial charge is 0.281 e. The van der Waals surface area contributed by atoms with Crippen LogP contribution in [0.3, 0.4) is 0 Å². The Morgan fingerprint density at radius 1 is 0.920 bits per heavy atom. The van der Waals surface area contributed by atoms with Crippen LogP contribution in [0.5, 0.6) is 0 Å². The minimum atomic E-state index is 0.468. The van der Waals surface area contributed by atoms with E-state index in [4.69, 9.17) is 0 Å². The summed E-state index contributed by atoms with van der Waals surface area (Å²) in [5.41, 5.74) is 6.68. The second kappa shape index (κ2) is 7.13. The highest BCUT2D eigenvalue weighted by molar-refractivity contribution is 14.1. The smallest absolute Gasteiger partial charge is 0.126 e. The molecule has 0 saturated heterocycles. The summed E-state index contributed by atoms with van der Waals surface area (Å²) >= 11 is 4.66. The van der Waals surface area contributed by atoms with Crippen molar-refractivity contribution < 1.29 is 0 Å². The Hall–Kier alpha value is -0.120. The maximum Gasteiger partial charge on any atom is 0.126 e. The van der Waals surface area contributed by atoms with Crippen LogP contribution in [-0.4, -0.2) is 20.0 Å². The number of aromatic amines is 1. The Morgan fingerprint density at radius 3 is 2.20 bits per heavy atom. The lowest BCUT2D eigenvalue weighted by Crippen LogP contribution is -2.22. The van der Waals surface area contributed by atoms with Gasteiger partial charge in [0.2, 0.25) is 0 Å². The van der Waals surface area contributed by atoms with Gasteiger partial charge in [-0.3, -0.25) is 9.78 Å². The predicted octanol–water partition coefficient (Wildman–Crippen LogP) is 5.07. The third-order valence-electron chi connectivity index (χ3n) is 5.53. The van der Waals surface area contributed by atoms with Crippen LogP contribution in [0.25, 0.3) is 0 Å². The molecule has 0 spiro atoms. The van der Waals surface area contributed by atoms with Gasteiger partial charge in [-0.15, -0.1) is 0 Å². The number of fused-ring (bicyclic) bond motifs is 2. The van der Waals surface area contributed by atoms with Gasteiger partial charge in [0.1, 0.15) is 7.40 Å². The molecule has 0 bridgehead atoms. The standard InChI is InChI=1S/C10H15IN2.C9H13IN2/c1-10(2)5-4-8-7(6-10)9(11)12-13(8)3;1-9(2)4-3-7-6(5-9)8(10)12-11-7/h4-6H2,1-3H3;3-5H2,1-2H3,(H,11,12). The molecule has 2 aliphatic rings. The zero-order chi connectivity index (χ0) is 18.4. The molecule has 0 unspecified atom stereocenters. The van der Waals surface area contributed by atoms with Crippen molar-refractivity contribution in [3.63, 3.8) is 0 Å². The zero-order valence-corrected chi connectivity index (χ0v) is 20.2. The molecular weight excluding hydrogens is 538 g/mol. The highest BCUT2D eigenvalue weighted by atomic mass is 127. The van der Waals surface area contributed by atoms with Gasteiger partial charge in [0.05, 0.1) is 0 Å². The molecule has 4 rings (SSSR count). The van der Waals surface area contributed by atoms with E-state index in [9.17, 15) is 0 Å². The lowest BCUT2D eigenvalue weighted by molar-refractivity contribution is 0.310. The van der Waals surface area contributed by atoms with Crippen LogP contribution >= 0.6 is 45.2 Å². The van der Waals surface area contributed by atoms with E-state index in [2.05, 4.69) is 95.2 Å². The Morgan fingerprint density at radius 2 is 1.52 bits per heavy atom. The molecule has 0 aromatic carbocycles. The van der Waals surface area contributed by atoms with E-state index in [0.29, 0.717) is 10.8 Å². The second-order valence-corrected chi connectivity index (χ2v) is 11.0. The van der Waals surface area contributed by atoms with Crippen LogP contribution in [0.2, 0.25) is 0 Å². The number of hydrogen-bond donors (Lipinski definition) is 1. The van der Waals surface area contributed by atoms with E-state index >= 15 is 0 Å².